The van der Waals surface area contributed by atoms with Gasteiger partial charge in [-0.3, -0.25) is 14.7 Å². The number of pyridine rings is 3. The lowest BCUT2D eigenvalue weighted by molar-refractivity contribution is 0.258. The SMILES string of the molecule is CC(C)c1cc(-c2cccnc2)cc(C(C)C)c1NC(=O)N(C)c1cc2cccnc2[nH]c1=O. The number of H-pyrrole nitrogens is 1. The van der Waals surface area contributed by atoms with Crippen LogP contribution in [0.1, 0.15) is 50.7 Å². The van der Waals surface area contributed by atoms with Crippen LogP contribution in [0.2, 0.25) is 0 Å². The molecule has 7 heteroatoms. The van der Waals surface area contributed by atoms with Gasteiger partial charge in [0.2, 0.25) is 0 Å². The van der Waals surface area contributed by atoms with Crippen LogP contribution in [-0.4, -0.2) is 28.0 Å². The number of carbonyl (C=O) groups is 1. The molecule has 174 valence electrons. The van der Waals surface area contributed by atoms with E-state index in [1.54, 1.807) is 31.6 Å². The maximum Gasteiger partial charge on any atom is 0.326 e. The quantitative estimate of drug-likeness (QED) is 0.392. The largest absolute Gasteiger partial charge is 0.326 e. The first-order chi connectivity index (χ1) is 16.3. The van der Waals surface area contributed by atoms with Crippen LogP contribution >= 0.6 is 0 Å². The van der Waals surface area contributed by atoms with Gasteiger partial charge in [0, 0.05) is 42.3 Å². The van der Waals surface area contributed by atoms with Crippen molar-refractivity contribution in [1.29, 1.82) is 0 Å². The molecule has 7 nitrogen and oxygen atoms in total. The minimum atomic E-state index is -0.383. The van der Waals surface area contributed by atoms with Gasteiger partial charge in [-0.15, -0.1) is 0 Å². The Morgan fingerprint density at radius 3 is 2.26 bits per heavy atom. The molecule has 0 spiro atoms. The lowest BCUT2D eigenvalue weighted by atomic mass is 9.88. The zero-order chi connectivity index (χ0) is 24.4. The molecule has 0 unspecified atom stereocenters. The number of aromatic amines is 1. The third-order valence-electron chi connectivity index (χ3n) is 5.93. The molecule has 4 aromatic rings. The minimum Gasteiger partial charge on any atom is -0.307 e. The van der Waals surface area contributed by atoms with Gasteiger partial charge in [0.1, 0.15) is 11.3 Å². The summed E-state index contributed by atoms with van der Waals surface area (Å²) in [5.74, 6) is 0.342. The molecule has 0 fully saturated rings. The second-order valence-corrected chi connectivity index (χ2v) is 8.99. The molecule has 3 heterocycles. The van der Waals surface area contributed by atoms with Crippen LogP contribution in [0.25, 0.3) is 22.2 Å². The number of fused-ring (bicyclic) bond motifs is 1. The Morgan fingerprint density at radius 2 is 1.65 bits per heavy atom. The zero-order valence-electron chi connectivity index (χ0n) is 20.1. The van der Waals surface area contributed by atoms with E-state index in [0.717, 1.165) is 33.3 Å². The van der Waals surface area contributed by atoms with Crippen molar-refractivity contribution in [1.82, 2.24) is 15.0 Å². The van der Waals surface area contributed by atoms with Crippen LogP contribution in [0.4, 0.5) is 16.2 Å². The van der Waals surface area contributed by atoms with Gasteiger partial charge in [-0.2, -0.15) is 0 Å². The van der Waals surface area contributed by atoms with Crippen molar-refractivity contribution < 1.29 is 4.79 Å². The molecule has 34 heavy (non-hydrogen) atoms. The van der Waals surface area contributed by atoms with Crippen LogP contribution in [-0.2, 0) is 0 Å². The fourth-order valence-corrected chi connectivity index (χ4v) is 4.02. The van der Waals surface area contributed by atoms with Crippen molar-refractivity contribution in [2.75, 3.05) is 17.3 Å². The van der Waals surface area contributed by atoms with Crippen molar-refractivity contribution in [3.05, 3.63) is 82.5 Å². The van der Waals surface area contributed by atoms with E-state index in [9.17, 15) is 9.59 Å². The Balaban J connectivity index is 1.75. The highest BCUT2D eigenvalue weighted by Crippen LogP contribution is 2.37. The lowest BCUT2D eigenvalue weighted by Gasteiger charge is -2.24. The predicted octanol–water partition coefficient (Wildman–Crippen LogP) is 5.90. The Bertz CT molecular complexity index is 1360. The van der Waals surface area contributed by atoms with Crippen molar-refractivity contribution >= 4 is 28.4 Å². The van der Waals surface area contributed by atoms with Gasteiger partial charge in [-0.25, -0.2) is 9.78 Å². The summed E-state index contributed by atoms with van der Waals surface area (Å²) in [6.07, 6.45) is 5.21. The van der Waals surface area contributed by atoms with E-state index in [1.807, 2.05) is 24.4 Å². The van der Waals surface area contributed by atoms with Gasteiger partial charge < -0.3 is 10.3 Å². The van der Waals surface area contributed by atoms with Crippen molar-refractivity contribution in [2.45, 2.75) is 39.5 Å². The number of nitrogens with zero attached hydrogens (tertiary/aromatic N) is 3. The number of hydrogen-bond donors (Lipinski definition) is 2. The third-order valence-corrected chi connectivity index (χ3v) is 5.93. The molecule has 0 aliphatic heterocycles. The lowest BCUT2D eigenvalue weighted by Crippen LogP contribution is -2.35. The number of hydrogen-bond acceptors (Lipinski definition) is 4. The third kappa shape index (κ3) is 4.55. The number of benzene rings is 1. The molecule has 0 aliphatic carbocycles. The van der Waals surface area contributed by atoms with Crippen LogP contribution in [0.15, 0.2) is 65.8 Å². The van der Waals surface area contributed by atoms with Crippen molar-refractivity contribution in [3.8, 4) is 11.1 Å². The molecule has 2 N–H and O–H groups in total. The molecule has 2 amide bonds. The monoisotopic (exact) mass is 455 g/mol. The molecule has 0 saturated carbocycles. The summed E-state index contributed by atoms with van der Waals surface area (Å²) in [6, 6.07) is 13.1. The van der Waals surface area contributed by atoms with Crippen LogP contribution in [0, 0.1) is 0 Å². The Hall–Kier alpha value is -4.00. The molecule has 3 aromatic heterocycles. The van der Waals surface area contributed by atoms with E-state index >= 15 is 0 Å². The summed E-state index contributed by atoms with van der Waals surface area (Å²) in [7, 11) is 1.59. The average Bonchev–Trinajstić information content (AvgIpc) is 2.83. The topological polar surface area (TPSA) is 91.0 Å². The van der Waals surface area contributed by atoms with Crippen LogP contribution in [0.5, 0.6) is 0 Å². The summed E-state index contributed by atoms with van der Waals surface area (Å²) in [4.78, 5) is 38.5. The van der Waals surface area contributed by atoms with Gasteiger partial charge in [0.15, 0.2) is 0 Å². The van der Waals surface area contributed by atoms with E-state index in [0.29, 0.717) is 5.65 Å². The summed E-state index contributed by atoms with van der Waals surface area (Å²) in [5.41, 5.74) is 5.30. The first kappa shape index (κ1) is 23.2. The molecular weight excluding hydrogens is 426 g/mol. The van der Waals surface area contributed by atoms with Gasteiger partial charge >= 0.3 is 6.03 Å². The first-order valence-electron chi connectivity index (χ1n) is 11.4. The van der Waals surface area contributed by atoms with Gasteiger partial charge in [-0.05, 0) is 64.9 Å². The maximum atomic E-state index is 13.3. The summed E-state index contributed by atoms with van der Waals surface area (Å²) < 4.78 is 0. The number of carbonyl (C=O) groups excluding carboxylic acids is 1. The molecule has 1 aromatic carbocycles. The van der Waals surface area contributed by atoms with Gasteiger partial charge in [-0.1, -0.05) is 33.8 Å². The standard InChI is InChI=1S/C27H29N5O2/c1-16(2)21-12-20(19-9-6-10-28-15-19)13-22(17(3)4)24(21)30-27(34)32(5)23-14-18-8-7-11-29-25(18)31-26(23)33/h6-17H,1-5H3,(H,30,34)(H,29,31,33). The fourth-order valence-electron chi connectivity index (χ4n) is 4.02. The molecule has 0 saturated heterocycles. The number of urea groups is 1. The normalized spacial score (nSPS) is 11.3. The smallest absolute Gasteiger partial charge is 0.307 e. The summed E-state index contributed by atoms with van der Waals surface area (Å²) >= 11 is 0. The summed E-state index contributed by atoms with van der Waals surface area (Å²) in [5, 5.41) is 3.85. The molecule has 0 aliphatic rings. The Kier molecular flexibility index (Phi) is 6.45. The van der Waals surface area contributed by atoms with E-state index < -0.39 is 0 Å². The van der Waals surface area contributed by atoms with E-state index in [-0.39, 0.29) is 29.1 Å². The molecule has 0 radical (unpaired) electrons. The number of rotatable bonds is 5. The first-order valence-corrected chi connectivity index (χ1v) is 11.4. The maximum absolute atomic E-state index is 13.3. The minimum absolute atomic E-state index is 0.171. The van der Waals surface area contributed by atoms with Crippen molar-refractivity contribution in [2.24, 2.45) is 0 Å². The zero-order valence-corrected chi connectivity index (χ0v) is 20.1. The molecule has 4 rings (SSSR count). The number of aromatic nitrogens is 3. The van der Waals surface area contributed by atoms with Crippen LogP contribution < -0.4 is 15.8 Å². The second kappa shape index (κ2) is 9.47. The highest BCUT2D eigenvalue weighted by atomic mass is 16.2. The van der Waals surface area contributed by atoms with E-state index in [2.05, 4.69) is 60.1 Å². The molecule has 0 atom stereocenters. The number of nitrogens with one attached hydrogen (secondary N) is 2. The Labute approximate surface area is 198 Å². The fraction of sp³-hybridized carbons (Fsp3) is 0.259. The van der Waals surface area contributed by atoms with Gasteiger partial charge in [0.25, 0.3) is 5.56 Å². The Morgan fingerprint density at radius 1 is 0.971 bits per heavy atom. The number of amides is 2. The molecule has 0 bridgehead atoms. The van der Waals surface area contributed by atoms with Crippen molar-refractivity contribution in [3.63, 3.8) is 0 Å². The van der Waals surface area contributed by atoms with E-state index in [4.69, 9.17) is 0 Å². The highest BCUT2D eigenvalue weighted by Gasteiger charge is 2.22. The van der Waals surface area contributed by atoms with Crippen LogP contribution in [0.3, 0.4) is 0 Å². The average molecular weight is 456 g/mol. The second-order valence-electron chi connectivity index (χ2n) is 8.99. The predicted molar refractivity (Wildman–Crippen MR) is 138 cm³/mol. The van der Waals surface area contributed by atoms with E-state index in [1.165, 1.54) is 4.90 Å². The van der Waals surface area contributed by atoms with Gasteiger partial charge in [0.05, 0.1) is 0 Å². The molecular formula is C27H29N5O2. The highest BCUT2D eigenvalue weighted by molar-refractivity contribution is 6.03. The summed E-state index contributed by atoms with van der Waals surface area (Å²) in [6.45, 7) is 8.42. The number of anilines is 2.